The van der Waals surface area contributed by atoms with Crippen LogP contribution >= 0.6 is 11.3 Å². The van der Waals surface area contributed by atoms with Crippen LogP contribution in [0.3, 0.4) is 0 Å². The van der Waals surface area contributed by atoms with Crippen molar-refractivity contribution >= 4 is 17.3 Å². The van der Waals surface area contributed by atoms with Crippen molar-refractivity contribution in [1.82, 2.24) is 9.97 Å². The summed E-state index contributed by atoms with van der Waals surface area (Å²) < 4.78 is 134. The Morgan fingerprint density at radius 1 is 0.941 bits per heavy atom. The topological polar surface area (TPSA) is 170 Å². The lowest BCUT2D eigenvalue weighted by molar-refractivity contribution is -0.376. The molecule has 2 aromatic heterocycles. The number of halogens is 8. The van der Waals surface area contributed by atoms with E-state index in [0.29, 0.717) is 12.8 Å². The highest BCUT2D eigenvalue weighted by Gasteiger charge is 2.73. The highest BCUT2D eigenvalue weighted by atomic mass is 32.1. The first-order valence-electron chi connectivity index (χ1n) is 14.8. The Labute approximate surface area is 286 Å². The molecule has 2 aliphatic rings. The number of carbonyl (C=O) groups is 1. The van der Waals surface area contributed by atoms with Crippen molar-refractivity contribution < 1.29 is 84.0 Å². The largest absolute Gasteiger partial charge is 0.487 e. The van der Waals surface area contributed by atoms with E-state index in [4.69, 9.17) is 14.2 Å². The number of esters is 1. The molecule has 1 saturated carbocycles. The molecule has 12 nitrogen and oxygen atoms in total. The molecule has 21 heteroatoms. The zero-order valence-electron chi connectivity index (χ0n) is 25.8. The zero-order valence-corrected chi connectivity index (χ0v) is 26.7. The third-order valence-corrected chi connectivity index (χ3v) is 9.10. The normalized spacial score (nSPS) is 23.5. The lowest BCUT2D eigenvalue weighted by Crippen LogP contribution is -2.61. The van der Waals surface area contributed by atoms with Gasteiger partial charge in [-0.1, -0.05) is 12.1 Å². The van der Waals surface area contributed by atoms with Crippen LogP contribution in [0, 0.1) is 0 Å². The minimum atomic E-state index is -6.20. The van der Waals surface area contributed by atoms with E-state index in [0.717, 1.165) is 19.4 Å². The Bertz CT molecular complexity index is 1660. The van der Waals surface area contributed by atoms with Crippen LogP contribution in [0.25, 0.3) is 0 Å². The number of aromatic nitrogens is 2. The molecule has 280 valence electrons. The van der Waals surface area contributed by atoms with E-state index in [1.807, 2.05) is 0 Å². The van der Waals surface area contributed by atoms with Crippen LogP contribution in [0.1, 0.15) is 39.8 Å². The van der Waals surface area contributed by atoms with E-state index in [-0.39, 0.29) is 57.2 Å². The molecule has 0 radical (unpaired) electrons. The molecule has 4 N–H and O–H groups in total. The van der Waals surface area contributed by atoms with E-state index in [1.165, 1.54) is 30.5 Å². The fourth-order valence-electron chi connectivity index (χ4n) is 5.01. The quantitative estimate of drug-likeness (QED) is 0.156. The van der Waals surface area contributed by atoms with Crippen LogP contribution in [0.4, 0.5) is 35.1 Å². The molecule has 0 amide bonds. The van der Waals surface area contributed by atoms with Crippen LogP contribution in [-0.2, 0) is 26.3 Å². The number of nitrogens with zero attached hydrogens (tertiary/aromatic N) is 2. The first kappa shape index (κ1) is 38.3. The number of ether oxygens (including phenoxy) is 5. The van der Waals surface area contributed by atoms with Crippen molar-refractivity contribution in [3.63, 3.8) is 0 Å². The van der Waals surface area contributed by atoms with Gasteiger partial charge < -0.3 is 44.1 Å². The van der Waals surface area contributed by atoms with Crippen LogP contribution in [0.15, 0.2) is 42.7 Å². The number of thiazole rings is 1. The lowest BCUT2D eigenvalue weighted by Gasteiger charge is -2.38. The molecule has 51 heavy (non-hydrogen) atoms. The number of methoxy groups -OCH3 is 1. The van der Waals surface area contributed by atoms with Crippen molar-refractivity contribution in [2.75, 3.05) is 7.11 Å². The molecule has 5 rings (SSSR count). The summed E-state index contributed by atoms with van der Waals surface area (Å²) in [6.07, 6.45) is -18.9. The summed E-state index contributed by atoms with van der Waals surface area (Å²) in [5, 5.41) is 38.8. The fourth-order valence-corrected chi connectivity index (χ4v) is 6.18. The SMILES string of the molecule is COC(=O)[C@H]1O[C@@H](Oc2ccc(C[C@@H](c3ccc(OC(F)F)c(OC4CC4)c3)c3cnc(C(O)(C(F)(F)F)C(F)(F)F)s3)cn2)[C@@H](O)[C@@H](O)[C@@H]1O. The molecule has 0 bridgehead atoms. The summed E-state index contributed by atoms with van der Waals surface area (Å²) in [5.74, 6) is -2.97. The Morgan fingerprint density at radius 3 is 2.20 bits per heavy atom. The van der Waals surface area contributed by atoms with Gasteiger partial charge in [-0.05, 0) is 42.5 Å². The van der Waals surface area contributed by atoms with Crippen molar-refractivity contribution in [3.05, 3.63) is 63.7 Å². The standard InChI is InChI=1S/C30H28F8N2O10S/c1-46-24(44)23-21(42)20(41)22(43)25(50-23)49-19-7-2-12(10-39-19)8-15(13-3-6-16(48-27(31)32)17(9-13)47-14-4-5-14)18-11-40-26(51-18)28(45,29(33,34)35)30(36,37)38/h2-3,6-7,9-11,14-15,20-23,25,27,41-43,45H,4-5,8H2,1H3/t15-,20-,21-,22-,23-,25+/m0/s1. The van der Waals surface area contributed by atoms with Gasteiger partial charge in [0.1, 0.15) is 23.3 Å². The smallest absolute Gasteiger partial charge is 0.433 e. The van der Waals surface area contributed by atoms with Crippen LogP contribution in [-0.4, -0.2) is 99.2 Å². The van der Waals surface area contributed by atoms with Gasteiger partial charge in [0, 0.05) is 29.3 Å². The second-order valence-electron chi connectivity index (χ2n) is 11.5. The van der Waals surface area contributed by atoms with Crippen molar-refractivity contribution in [2.45, 2.75) is 86.6 Å². The Balaban J connectivity index is 1.47. The molecule has 1 saturated heterocycles. The number of rotatable bonds is 12. The number of pyridine rings is 1. The highest BCUT2D eigenvalue weighted by molar-refractivity contribution is 7.11. The third-order valence-electron chi connectivity index (χ3n) is 7.88. The molecule has 0 unspecified atom stereocenters. The Kier molecular flexibility index (Phi) is 11.0. The zero-order chi connectivity index (χ0) is 37.5. The first-order chi connectivity index (χ1) is 23.8. The summed E-state index contributed by atoms with van der Waals surface area (Å²) in [7, 11) is 0.992. The molecule has 1 aromatic carbocycles. The first-order valence-corrected chi connectivity index (χ1v) is 15.6. The second-order valence-corrected chi connectivity index (χ2v) is 12.5. The van der Waals surface area contributed by atoms with Gasteiger partial charge >= 0.3 is 30.5 Å². The number of alkyl halides is 8. The summed E-state index contributed by atoms with van der Waals surface area (Å²) >= 11 is -0.0704. The van der Waals surface area contributed by atoms with Gasteiger partial charge in [-0.15, -0.1) is 11.3 Å². The van der Waals surface area contributed by atoms with Gasteiger partial charge in [-0.2, -0.15) is 35.1 Å². The molecular weight excluding hydrogens is 732 g/mol. The third kappa shape index (κ3) is 8.12. The van der Waals surface area contributed by atoms with E-state index < -0.39 is 72.2 Å². The van der Waals surface area contributed by atoms with E-state index >= 15 is 0 Å². The number of carbonyl (C=O) groups excluding carboxylic acids is 1. The second kappa shape index (κ2) is 14.6. The van der Waals surface area contributed by atoms with Crippen LogP contribution < -0.4 is 14.2 Å². The molecular formula is C30H28F8N2O10S. The highest BCUT2D eigenvalue weighted by Crippen LogP contribution is 2.52. The van der Waals surface area contributed by atoms with Crippen molar-refractivity contribution in [3.8, 4) is 17.4 Å². The van der Waals surface area contributed by atoms with Gasteiger partial charge in [0.05, 0.1) is 13.2 Å². The summed E-state index contributed by atoms with van der Waals surface area (Å²) in [6, 6.07) is 6.20. The number of hydrogen-bond donors (Lipinski definition) is 4. The maximum absolute atomic E-state index is 13.7. The van der Waals surface area contributed by atoms with E-state index in [1.54, 1.807) is 0 Å². The number of benzene rings is 1. The Hall–Kier alpha value is -3.89. The van der Waals surface area contributed by atoms with Crippen LogP contribution in [0.5, 0.6) is 17.4 Å². The average molecular weight is 761 g/mol. The molecule has 3 aromatic rings. The van der Waals surface area contributed by atoms with Gasteiger partial charge in [0.25, 0.3) is 0 Å². The summed E-state index contributed by atoms with van der Waals surface area (Å²) in [5.41, 5.74) is -4.84. The lowest BCUT2D eigenvalue weighted by atomic mass is 9.91. The monoisotopic (exact) mass is 760 g/mol. The van der Waals surface area contributed by atoms with E-state index in [9.17, 15) is 60.3 Å². The maximum Gasteiger partial charge on any atom is 0.433 e. The predicted molar refractivity (Wildman–Crippen MR) is 154 cm³/mol. The number of hydrogen-bond acceptors (Lipinski definition) is 13. The molecule has 2 fully saturated rings. The molecule has 3 heterocycles. The predicted octanol–water partition coefficient (Wildman–Crippen LogP) is 3.73. The van der Waals surface area contributed by atoms with Gasteiger partial charge in [-0.25, -0.2) is 14.8 Å². The summed E-state index contributed by atoms with van der Waals surface area (Å²) in [4.78, 5) is 19.1. The van der Waals surface area contributed by atoms with Gasteiger partial charge in [0.2, 0.25) is 12.2 Å². The summed E-state index contributed by atoms with van der Waals surface area (Å²) in [6.45, 7) is -3.24. The molecule has 0 spiro atoms. The fraction of sp³-hybridized carbons (Fsp3) is 0.500. The van der Waals surface area contributed by atoms with Gasteiger partial charge in [0.15, 0.2) is 17.6 Å². The van der Waals surface area contributed by atoms with Crippen molar-refractivity contribution in [1.29, 1.82) is 0 Å². The minimum Gasteiger partial charge on any atom is -0.487 e. The molecule has 1 aliphatic heterocycles. The number of aliphatic hydroxyl groups is 4. The average Bonchev–Trinajstić information content (AvgIpc) is 3.75. The molecule has 1 aliphatic carbocycles. The number of aliphatic hydroxyl groups excluding tert-OH is 3. The van der Waals surface area contributed by atoms with Crippen molar-refractivity contribution in [2.24, 2.45) is 0 Å². The van der Waals surface area contributed by atoms with E-state index in [2.05, 4.69) is 19.4 Å². The Morgan fingerprint density at radius 2 is 1.63 bits per heavy atom. The minimum absolute atomic E-state index is 0.0704. The maximum atomic E-state index is 13.7. The molecule has 6 atom stereocenters. The van der Waals surface area contributed by atoms with Gasteiger partial charge in [-0.3, -0.25) is 0 Å². The van der Waals surface area contributed by atoms with Crippen LogP contribution in [0.2, 0.25) is 0 Å².